The van der Waals surface area contributed by atoms with Gasteiger partial charge in [-0.3, -0.25) is 4.68 Å². The quantitative estimate of drug-likeness (QED) is 0.789. The van der Waals surface area contributed by atoms with Gasteiger partial charge in [0.25, 0.3) is 0 Å². The van der Waals surface area contributed by atoms with Crippen molar-refractivity contribution in [3.8, 4) is 0 Å². The van der Waals surface area contributed by atoms with Gasteiger partial charge in [-0.2, -0.15) is 5.10 Å². The molecule has 18 heavy (non-hydrogen) atoms. The number of para-hydroxylation sites is 1. The predicted octanol–water partition coefficient (Wildman–Crippen LogP) is 2.79. The maximum Gasteiger partial charge on any atom is 0.134 e. The molecule has 2 heterocycles. The molecule has 0 fully saturated rings. The Balaban J connectivity index is 2.05. The summed E-state index contributed by atoms with van der Waals surface area (Å²) in [6.07, 6.45) is 3.36. The van der Waals surface area contributed by atoms with E-state index in [0.29, 0.717) is 18.1 Å². The Morgan fingerprint density at radius 1 is 1.33 bits per heavy atom. The molecule has 3 rings (SSSR count). The van der Waals surface area contributed by atoms with Crippen molar-refractivity contribution in [2.24, 2.45) is 5.73 Å². The van der Waals surface area contributed by atoms with Crippen LogP contribution in [-0.2, 0) is 13.1 Å². The van der Waals surface area contributed by atoms with Gasteiger partial charge in [-0.15, -0.1) is 0 Å². The van der Waals surface area contributed by atoms with Crippen LogP contribution in [0.5, 0.6) is 0 Å². The van der Waals surface area contributed by atoms with Crippen LogP contribution in [-0.4, -0.2) is 9.78 Å². The van der Waals surface area contributed by atoms with E-state index in [-0.39, 0.29) is 0 Å². The van der Waals surface area contributed by atoms with Gasteiger partial charge in [0.15, 0.2) is 0 Å². The van der Waals surface area contributed by atoms with Crippen molar-refractivity contribution in [2.75, 3.05) is 0 Å². The van der Waals surface area contributed by atoms with E-state index >= 15 is 0 Å². The zero-order valence-electron chi connectivity index (χ0n) is 9.64. The Labute approximate surface area is 109 Å². The lowest BCUT2D eigenvalue weighted by molar-refractivity contribution is 0.504. The molecule has 0 spiro atoms. The second-order valence-corrected chi connectivity index (χ2v) is 4.50. The third kappa shape index (κ3) is 1.89. The van der Waals surface area contributed by atoms with Gasteiger partial charge in [0.05, 0.1) is 17.8 Å². The molecule has 5 heteroatoms. The zero-order chi connectivity index (χ0) is 12.5. The first-order chi connectivity index (χ1) is 8.78. The third-order valence-corrected chi connectivity index (χ3v) is 3.09. The molecule has 0 aliphatic carbocycles. The van der Waals surface area contributed by atoms with Crippen molar-refractivity contribution < 1.29 is 4.42 Å². The Hall–Kier alpha value is -1.78. The summed E-state index contributed by atoms with van der Waals surface area (Å²) in [6.45, 7) is 0.981. The number of halogens is 1. The van der Waals surface area contributed by atoms with Crippen LogP contribution in [0.1, 0.15) is 11.3 Å². The fraction of sp³-hybridized carbons (Fsp3) is 0.154. The molecule has 0 bridgehead atoms. The summed E-state index contributed by atoms with van der Waals surface area (Å²) in [6, 6.07) is 7.88. The summed E-state index contributed by atoms with van der Waals surface area (Å²) < 4.78 is 7.55. The van der Waals surface area contributed by atoms with Crippen LogP contribution in [0.3, 0.4) is 0 Å². The maximum atomic E-state index is 5.84. The summed E-state index contributed by atoms with van der Waals surface area (Å²) >= 11 is 5.84. The van der Waals surface area contributed by atoms with Gasteiger partial charge in [0.2, 0.25) is 0 Å². The zero-order valence-corrected chi connectivity index (χ0v) is 10.4. The number of nitrogens with zero attached hydrogens (tertiary/aromatic N) is 2. The molecule has 0 saturated carbocycles. The lowest BCUT2D eigenvalue weighted by atomic mass is 10.1. The Morgan fingerprint density at radius 2 is 2.17 bits per heavy atom. The molecule has 0 amide bonds. The number of rotatable bonds is 3. The molecule has 0 unspecified atom stereocenters. The standard InChI is InChI=1S/C13H12ClN3O/c14-9-6-16-17(7-9)8-13-11(5-15)10-3-1-2-4-12(10)18-13/h1-4,6-7H,5,8,15H2. The largest absolute Gasteiger partial charge is 0.459 e. The van der Waals surface area contributed by atoms with Gasteiger partial charge >= 0.3 is 0 Å². The van der Waals surface area contributed by atoms with Crippen LogP contribution in [0.25, 0.3) is 11.0 Å². The van der Waals surface area contributed by atoms with E-state index in [1.165, 1.54) is 0 Å². The van der Waals surface area contributed by atoms with Crippen molar-refractivity contribution >= 4 is 22.6 Å². The van der Waals surface area contributed by atoms with Crippen LogP contribution < -0.4 is 5.73 Å². The van der Waals surface area contributed by atoms with E-state index in [9.17, 15) is 0 Å². The fourth-order valence-electron chi connectivity index (χ4n) is 2.07. The number of hydrogen-bond acceptors (Lipinski definition) is 3. The smallest absolute Gasteiger partial charge is 0.134 e. The molecule has 4 nitrogen and oxygen atoms in total. The molecule has 0 atom stereocenters. The van der Waals surface area contributed by atoms with E-state index in [1.807, 2.05) is 24.3 Å². The monoisotopic (exact) mass is 261 g/mol. The molecule has 2 aromatic heterocycles. The highest BCUT2D eigenvalue weighted by atomic mass is 35.5. The van der Waals surface area contributed by atoms with Gasteiger partial charge in [-0.1, -0.05) is 29.8 Å². The fourth-order valence-corrected chi connectivity index (χ4v) is 2.23. The van der Waals surface area contributed by atoms with E-state index in [4.69, 9.17) is 21.8 Å². The molecule has 3 aromatic rings. The summed E-state index contributed by atoms with van der Waals surface area (Å²) in [7, 11) is 0. The minimum Gasteiger partial charge on any atom is -0.459 e. The maximum absolute atomic E-state index is 5.84. The molecule has 92 valence electrons. The highest BCUT2D eigenvalue weighted by Crippen LogP contribution is 2.26. The minimum atomic E-state index is 0.446. The van der Waals surface area contributed by atoms with Gasteiger partial charge < -0.3 is 10.2 Å². The lowest BCUT2D eigenvalue weighted by Crippen LogP contribution is -2.04. The summed E-state index contributed by atoms with van der Waals surface area (Å²) in [5.74, 6) is 0.832. The first kappa shape index (κ1) is 11.3. The average molecular weight is 262 g/mol. The summed E-state index contributed by atoms with van der Waals surface area (Å²) in [5, 5.41) is 5.82. The van der Waals surface area contributed by atoms with Crippen LogP contribution in [0.4, 0.5) is 0 Å². The summed E-state index contributed by atoms with van der Waals surface area (Å²) in [5.41, 5.74) is 7.68. The number of benzene rings is 1. The first-order valence-corrected chi connectivity index (χ1v) is 6.03. The molecule has 0 radical (unpaired) electrons. The normalized spacial score (nSPS) is 11.2. The van der Waals surface area contributed by atoms with Crippen molar-refractivity contribution in [3.63, 3.8) is 0 Å². The van der Waals surface area contributed by atoms with Crippen LogP contribution in [0.2, 0.25) is 5.02 Å². The molecular formula is C13H12ClN3O. The number of fused-ring (bicyclic) bond motifs is 1. The van der Waals surface area contributed by atoms with Crippen LogP contribution in [0.15, 0.2) is 41.1 Å². The van der Waals surface area contributed by atoms with E-state index < -0.39 is 0 Å². The molecule has 0 aliphatic heterocycles. The van der Waals surface area contributed by atoms with E-state index in [1.54, 1.807) is 17.1 Å². The molecule has 1 aromatic carbocycles. The third-order valence-electron chi connectivity index (χ3n) is 2.89. The van der Waals surface area contributed by atoms with Crippen molar-refractivity contribution in [3.05, 3.63) is 53.0 Å². The van der Waals surface area contributed by atoms with E-state index in [2.05, 4.69) is 5.10 Å². The Morgan fingerprint density at radius 3 is 2.89 bits per heavy atom. The lowest BCUT2D eigenvalue weighted by Gasteiger charge is -2.00. The van der Waals surface area contributed by atoms with Gasteiger partial charge in [0, 0.05) is 23.7 Å². The SMILES string of the molecule is NCc1c(Cn2cc(Cl)cn2)oc2ccccc12. The second kappa shape index (κ2) is 4.48. The number of nitrogens with two attached hydrogens (primary N) is 1. The van der Waals surface area contributed by atoms with Crippen molar-refractivity contribution in [1.29, 1.82) is 0 Å². The highest BCUT2D eigenvalue weighted by molar-refractivity contribution is 6.30. The predicted molar refractivity (Wildman–Crippen MR) is 70.4 cm³/mol. The van der Waals surface area contributed by atoms with Gasteiger partial charge in [0.1, 0.15) is 11.3 Å². The van der Waals surface area contributed by atoms with Gasteiger partial charge in [-0.05, 0) is 6.07 Å². The average Bonchev–Trinajstić information content (AvgIpc) is 2.92. The Kier molecular flexibility index (Phi) is 2.81. The molecular weight excluding hydrogens is 250 g/mol. The number of aromatic nitrogens is 2. The van der Waals surface area contributed by atoms with E-state index in [0.717, 1.165) is 22.3 Å². The van der Waals surface area contributed by atoms with Crippen LogP contribution >= 0.6 is 11.6 Å². The first-order valence-electron chi connectivity index (χ1n) is 5.65. The molecule has 0 saturated heterocycles. The minimum absolute atomic E-state index is 0.446. The Bertz CT molecular complexity index is 686. The number of furan rings is 1. The molecule has 0 aliphatic rings. The van der Waals surface area contributed by atoms with Crippen LogP contribution in [0, 0.1) is 0 Å². The molecule has 2 N–H and O–H groups in total. The summed E-state index contributed by atoms with van der Waals surface area (Å²) in [4.78, 5) is 0. The second-order valence-electron chi connectivity index (χ2n) is 4.06. The van der Waals surface area contributed by atoms with Crippen molar-refractivity contribution in [1.82, 2.24) is 9.78 Å². The topological polar surface area (TPSA) is 57.0 Å². The number of hydrogen-bond donors (Lipinski definition) is 1. The van der Waals surface area contributed by atoms with Gasteiger partial charge in [-0.25, -0.2) is 0 Å². The highest BCUT2D eigenvalue weighted by Gasteiger charge is 2.13. The van der Waals surface area contributed by atoms with Crippen molar-refractivity contribution in [2.45, 2.75) is 13.1 Å².